The number of rotatable bonds is 6. The van der Waals surface area contributed by atoms with Gasteiger partial charge in [0.2, 0.25) is 0 Å². The van der Waals surface area contributed by atoms with E-state index < -0.39 is 5.97 Å². The number of carboxylic acid groups (broad SMARTS) is 1. The summed E-state index contributed by atoms with van der Waals surface area (Å²) in [4.78, 5) is 11.6. The van der Waals surface area contributed by atoms with Crippen LogP contribution in [0.1, 0.15) is 64.4 Å². The lowest BCUT2D eigenvalue weighted by Gasteiger charge is -2.18. The number of halogens is 2. The highest BCUT2D eigenvalue weighted by atomic mass is 35.5. The van der Waals surface area contributed by atoms with Crippen molar-refractivity contribution in [3.05, 3.63) is 110 Å². The lowest BCUT2D eigenvalue weighted by atomic mass is 9.87. The van der Waals surface area contributed by atoms with E-state index in [1.807, 2.05) is 18.2 Å². The molecule has 3 nitrogen and oxygen atoms in total. The molecule has 4 rings (SSSR count). The Labute approximate surface area is 210 Å². The second kappa shape index (κ2) is 10.6. The summed E-state index contributed by atoms with van der Waals surface area (Å²) >= 11 is 12.8. The van der Waals surface area contributed by atoms with E-state index in [0.717, 1.165) is 64.6 Å². The van der Waals surface area contributed by atoms with Crippen LogP contribution in [-0.2, 0) is 6.42 Å². The number of carbonyl (C=O) groups is 1. The summed E-state index contributed by atoms with van der Waals surface area (Å²) in [7, 11) is 0. The predicted molar refractivity (Wildman–Crippen MR) is 142 cm³/mol. The first-order chi connectivity index (χ1) is 16.4. The molecule has 3 aromatic rings. The molecular formula is C29H27Cl2NO2. The highest BCUT2D eigenvalue weighted by molar-refractivity contribution is 6.36. The summed E-state index contributed by atoms with van der Waals surface area (Å²) in [5, 5.41) is 10.7. The molecule has 0 fully saturated rings. The molecule has 0 aromatic heterocycles. The van der Waals surface area contributed by atoms with Crippen LogP contribution in [0.4, 0.5) is 0 Å². The Kier molecular flexibility index (Phi) is 7.57. The van der Waals surface area contributed by atoms with Gasteiger partial charge in [0.05, 0.1) is 5.56 Å². The molecule has 0 saturated carbocycles. The maximum atomic E-state index is 11.6. The highest BCUT2D eigenvalue weighted by Crippen LogP contribution is 2.42. The fourth-order valence-corrected chi connectivity index (χ4v) is 5.06. The maximum absolute atomic E-state index is 11.6. The second-order valence-corrected chi connectivity index (χ2v) is 9.33. The minimum absolute atomic E-state index is 0.306. The fraction of sp³-hybridized carbons (Fsp3) is 0.207. The van der Waals surface area contributed by atoms with Gasteiger partial charge in [-0.2, -0.15) is 0 Å². The van der Waals surface area contributed by atoms with E-state index >= 15 is 0 Å². The standard InChI is InChI=1S/C29H27Cl2NO2/c1-2-18(17-32)14-19-6-8-20(9-7-19)28-24-12-10-22(29(33)34)15-21(24)4-3-5-26(28)25-13-11-23(30)16-27(25)31/h6-16H,2-5,17,32H2,1H3,(H,33,34)/b18-14+. The zero-order chi connectivity index (χ0) is 24.2. The first-order valence-electron chi connectivity index (χ1n) is 11.5. The van der Waals surface area contributed by atoms with E-state index in [4.69, 9.17) is 28.9 Å². The van der Waals surface area contributed by atoms with Crippen LogP contribution in [0.25, 0.3) is 17.2 Å². The van der Waals surface area contributed by atoms with Crippen LogP contribution in [0.5, 0.6) is 0 Å². The van der Waals surface area contributed by atoms with Crippen molar-refractivity contribution in [2.75, 3.05) is 6.54 Å². The van der Waals surface area contributed by atoms with E-state index in [0.29, 0.717) is 22.2 Å². The van der Waals surface area contributed by atoms with Gasteiger partial charge < -0.3 is 10.8 Å². The Hall–Kier alpha value is -2.85. The topological polar surface area (TPSA) is 63.3 Å². The number of fused-ring (bicyclic) bond motifs is 1. The van der Waals surface area contributed by atoms with Crippen LogP contribution < -0.4 is 5.73 Å². The summed E-state index contributed by atoms with van der Waals surface area (Å²) in [5.41, 5.74) is 14.8. The van der Waals surface area contributed by atoms with Crippen LogP contribution >= 0.6 is 23.2 Å². The highest BCUT2D eigenvalue weighted by Gasteiger charge is 2.22. The summed E-state index contributed by atoms with van der Waals surface area (Å²) in [6, 6.07) is 19.5. The number of carboxylic acids is 1. The molecular weight excluding hydrogens is 465 g/mol. The maximum Gasteiger partial charge on any atom is 0.335 e. The first kappa shape index (κ1) is 24.3. The van der Waals surface area contributed by atoms with Crippen LogP contribution in [0.2, 0.25) is 10.0 Å². The van der Waals surface area contributed by atoms with Crippen molar-refractivity contribution in [3.63, 3.8) is 0 Å². The Morgan fingerprint density at radius 2 is 1.74 bits per heavy atom. The smallest absolute Gasteiger partial charge is 0.335 e. The van der Waals surface area contributed by atoms with Crippen molar-refractivity contribution < 1.29 is 9.90 Å². The Bertz CT molecular complexity index is 1280. The molecule has 3 aromatic carbocycles. The van der Waals surface area contributed by atoms with Crippen molar-refractivity contribution in [1.29, 1.82) is 0 Å². The number of hydrogen-bond donors (Lipinski definition) is 2. The molecule has 0 aliphatic heterocycles. The summed E-state index contributed by atoms with van der Waals surface area (Å²) in [6.07, 6.45) is 5.57. The van der Waals surface area contributed by atoms with Crippen molar-refractivity contribution in [3.8, 4) is 0 Å². The van der Waals surface area contributed by atoms with E-state index in [9.17, 15) is 9.90 Å². The van der Waals surface area contributed by atoms with Gasteiger partial charge in [-0.3, -0.25) is 0 Å². The number of allylic oxidation sites excluding steroid dienone is 1. The van der Waals surface area contributed by atoms with Crippen molar-refractivity contribution in [1.82, 2.24) is 0 Å². The molecule has 0 saturated heterocycles. The van der Waals surface area contributed by atoms with Gasteiger partial charge in [0.25, 0.3) is 0 Å². The molecule has 34 heavy (non-hydrogen) atoms. The zero-order valence-electron chi connectivity index (χ0n) is 19.1. The van der Waals surface area contributed by atoms with E-state index in [1.165, 1.54) is 5.57 Å². The Morgan fingerprint density at radius 1 is 1.00 bits per heavy atom. The average molecular weight is 492 g/mol. The number of benzene rings is 3. The molecule has 174 valence electrons. The predicted octanol–water partition coefficient (Wildman–Crippen LogP) is 7.74. The number of aryl methyl sites for hydroxylation is 1. The minimum atomic E-state index is -0.915. The molecule has 1 aliphatic rings. The molecule has 5 heteroatoms. The largest absolute Gasteiger partial charge is 0.478 e. The molecule has 0 unspecified atom stereocenters. The quantitative estimate of drug-likeness (QED) is 0.370. The molecule has 0 bridgehead atoms. The van der Waals surface area contributed by atoms with Crippen LogP contribution in [-0.4, -0.2) is 17.6 Å². The summed E-state index contributed by atoms with van der Waals surface area (Å²) in [6.45, 7) is 2.65. The SMILES string of the molecule is CC/C(=C\c1ccc(C2=C(c3ccc(Cl)cc3Cl)CCCc3cc(C(=O)O)ccc32)cc1)CN. The van der Waals surface area contributed by atoms with E-state index in [-0.39, 0.29) is 0 Å². The zero-order valence-corrected chi connectivity index (χ0v) is 20.6. The third-order valence-electron chi connectivity index (χ3n) is 6.34. The third kappa shape index (κ3) is 5.12. The van der Waals surface area contributed by atoms with Crippen LogP contribution in [0.15, 0.2) is 66.2 Å². The van der Waals surface area contributed by atoms with Gasteiger partial charge >= 0.3 is 5.97 Å². The van der Waals surface area contributed by atoms with E-state index in [1.54, 1.807) is 18.2 Å². The number of aromatic carboxylic acids is 1. The van der Waals surface area contributed by atoms with Gasteiger partial charge in [0.1, 0.15) is 0 Å². The molecule has 0 amide bonds. The molecule has 1 aliphatic carbocycles. The molecule has 0 spiro atoms. The first-order valence-corrected chi connectivity index (χ1v) is 12.2. The lowest BCUT2D eigenvalue weighted by Crippen LogP contribution is -2.02. The summed E-state index contributed by atoms with van der Waals surface area (Å²) < 4.78 is 0. The van der Waals surface area contributed by atoms with E-state index in [2.05, 4.69) is 37.3 Å². The molecule has 0 atom stereocenters. The van der Waals surface area contributed by atoms with Gasteiger partial charge in [-0.15, -0.1) is 0 Å². The average Bonchev–Trinajstić information content (AvgIpc) is 3.02. The normalized spacial score (nSPS) is 14.1. The molecule has 0 radical (unpaired) electrons. The van der Waals surface area contributed by atoms with Crippen molar-refractivity contribution in [2.45, 2.75) is 32.6 Å². The van der Waals surface area contributed by atoms with Gasteiger partial charge in [-0.1, -0.05) is 78.2 Å². The number of hydrogen-bond acceptors (Lipinski definition) is 2. The lowest BCUT2D eigenvalue weighted by molar-refractivity contribution is 0.0696. The molecule has 3 N–H and O–H groups in total. The Balaban J connectivity index is 1.93. The fourth-order valence-electron chi connectivity index (χ4n) is 4.54. The van der Waals surface area contributed by atoms with Crippen molar-refractivity contribution in [2.24, 2.45) is 5.73 Å². The van der Waals surface area contributed by atoms with Gasteiger partial charge in [0, 0.05) is 16.6 Å². The van der Waals surface area contributed by atoms with Crippen molar-refractivity contribution >= 4 is 46.4 Å². The van der Waals surface area contributed by atoms with Gasteiger partial charge in [-0.25, -0.2) is 4.79 Å². The minimum Gasteiger partial charge on any atom is -0.478 e. The van der Waals surface area contributed by atoms with Crippen LogP contribution in [0.3, 0.4) is 0 Å². The Morgan fingerprint density at radius 3 is 2.38 bits per heavy atom. The van der Waals surface area contributed by atoms with Gasteiger partial charge in [0.15, 0.2) is 0 Å². The van der Waals surface area contributed by atoms with Gasteiger partial charge in [-0.05, 0) is 88.9 Å². The van der Waals surface area contributed by atoms with Crippen LogP contribution in [0, 0.1) is 0 Å². The summed E-state index contributed by atoms with van der Waals surface area (Å²) in [5.74, 6) is -0.915. The second-order valence-electron chi connectivity index (χ2n) is 8.49. The number of nitrogens with two attached hydrogens (primary N) is 1. The third-order valence-corrected chi connectivity index (χ3v) is 6.89. The molecule has 0 heterocycles. The monoisotopic (exact) mass is 491 g/mol.